The summed E-state index contributed by atoms with van der Waals surface area (Å²) in [6, 6.07) is 3.63. The van der Waals surface area contributed by atoms with E-state index in [1.807, 2.05) is 0 Å². The number of nitro benzene ring substituents is 1. The molecular weight excluding hydrogens is 354 g/mol. The third-order valence-electron chi connectivity index (χ3n) is 3.82. The van der Waals surface area contributed by atoms with Crippen LogP contribution in [0, 0.1) is 10.1 Å². The van der Waals surface area contributed by atoms with Crippen LogP contribution < -0.4 is 4.90 Å². The zero-order valence-corrected chi connectivity index (χ0v) is 14.4. The minimum absolute atomic E-state index is 0.0612. The third-order valence-corrected chi connectivity index (χ3v) is 5.72. The SMILES string of the molecule is CN(CCC(=O)O)c1ccc(S(=O)(=O)N2CCOCC2)cc1[N+](=O)[O-]. The van der Waals surface area contributed by atoms with Crippen LogP contribution in [0.2, 0.25) is 0 Å². The Labute approximate surface area is 144 Å². The van der Waals surface area contributed by atoms with Gasteiger partial charge in [-0.15, -0.1) is 0 Å². The first-order valence-corrected chi connectivity index (χ1v) is 8.97. The third kappa shape index (κ3) is 4.44. The molecule has 11 heteroatoms. The van der Waals surface area contributed by atoms with E-state index in [1.54, 1.807) is 0 Å². The summed E-state index contributed by atoms with van der Waals surface area (Å²) in [6.07, 6.45) is -0.193. The normalized spacial score (nSPS) is 15.7. The Morgan fingerprint density at radius 3 is 2.60 bits per heavy atom. The van der Waals surface area contributed by atoms with Gasteiger partial charge in [-0.25, -0.2) is 8.42 Å². The molecule has 1 aromatic carbocycles. The highest BCUT2D eigenvalue weighted by Gasteiger charge is 2.29. The van der Waals surface area contributed by atoms with E-state index in [4.69, 9.17) is 9.84 Å². The molecule has 10 nitrogen and oxygen atoms in total. The van der Waals surface area contributed by atoms with Crippen molar-refractivity contribution in [3.63, 3.8) is 0 Å². The van der Waals surface area contributed by atoms with E-state index in [-0.39, 0.29) is 55.5 Å². The largest absolute Gasteiger partial charge is 0.481 e. The molecule has 0 saturated carbocycles. The Balaban J connectivity index is 2.34. The zero-order chi connectivity index (χ0) is 18.6. The molecule has 0 amide bonds. The van der Waals surface area contributed by atoms with E-state index in [0.29, 0.717) is 0 Å². The second-order valence-corrected chi connectivity index (χ2v) is 7.43. The number of morpholine rings is 1. The van der Waals surface area contributed by atoms with Gasteiger partial charge in [0.25, 0.3) is 5.69 Å². The Morgan fingerprint density at radius 2 is 2.04 bits per heavy atom. The number of sulfonamides is 1. The zero-order valence-electron chi connectivity index (χ0n) is 13.6. The molecule has 1 aromatic rings. The van der Waals surface area contributed by atoms with Gasteiger partial charge in [0.1, 0.15) is 5.69 Å². The van der Waals surface area contributed by atoms with Crippen LogP contribution in [-0.4, -0.2) is 68.6 Å². The Hall–Kier alpha value is -2.24. The van der Waals surface area contributed by atoms with E-state index < -0.39 is 20.9 Å². The first-order chi connectivity index (χ1) is 11.7. The number of carboxylic acid groups (broad SMARTS) is 1. The fourth-order valence-electron chi connectivity index (χ4n) is 2.45. The number of nitrogens with zero attached hydrogens (tertiary/aromatic N) is 3. The van der Waals surface area contributed by atoms with Crippen molar-refractivity contribution in [2.24, 2.45) is 0 Å². The van der Waals surface area contributed by atoms with Gasteiger partial charge in [0, 0.05) is 32.7 Å². The van der Waals surface area contributed by atoms with Crippen molar-refractivity contribution in [1.82, 2.24) is 4.31 Å². The molecule has 25 heavy (non-hydrogen) atoms. The summed E-state index contributed by atoms with van der Waals surface area (Å²) in [6.45, 7) is 0.993. The Bertz CT molecular complexity index is 760. The van der Waals surface area contributed by atoms with Crippen LogP contribution in [0.1, 0.15) is 6.42 Å². The standard InChI is InChI=1S/C14H19N3O7S/c1-15(5-4-14(18)19)12-3-2-11(10-13(12)17(20)21)25(22,23)16-6-8-24-9-7-16/h2-3,10H,4-9H2,1H3,(H,18,19). The molecule has 1 fully saturated rings. The van der Waals surface area contributed by atoms with E-state index in [1.165, 1.54) is 28.4 Å². The smallest absolute Gasteiger partial charge is 0.305 e. The Morgan fingerprint density at radius 1 is 1.40 bits per heavy atom. The van der Waals surface area contributed by atoms with Gasteiger partial charge in [0.05, 0.1) is 29.5 Å². The number of benzene rings is 1. The first kappa shape index (κ1) is 19.1. The van der Waals surface area contributed by atoms with Gasteiger partial charge < -0.3 is 14.7 Å². The van der Waals surface area contributed by atoms with Gasteiger partial charge in [-0.3, -0.25) is 14.9 Å². The summed E-state index contributed by atoms with van der Waals surface area (Å²) in [5.74, 6) is -1.03. The molecule has 2 rings (SSSR count). The molecule has 0 atom stereocenters. The van der Waals surface area contributed by atoms with Crippen LogP contribution in [0.25, 0.3) is 0 Å². The van der Waals surface area contributed by atoms with Gasteiger partial charge >= 0.3 is 5.97 Å². The maximum atomic E-state index is 12.6. The maximum absolute atomic E-state index is 12.6. The summed E-state index contributed by atoms with van der Waals surface area (Å²) in [5, 5.41) is 20.1. The molecule has 138 valence electrons. The molecule has 0 spiro atoms. The maximum Gasteiger partial charge on any atom is 0.305 e. The highest BCUT2D eigenvalue weighted by molar-refractivity contribution is 7.89. The first-order valence-electron chi connectivity index (χ1n) is 7.52. The number of carbonyl (C=O) groups is 1. The number of rotatable bonds is 7. The Kier molecular flexibility index (Phi) is 5.93. The number of nitro groups is 1. The lowest BCUT2D eigenvalue weighted by atomic mass is 10.2. The number of anilines is 1. The van der Waals surface area contributed by atoms with E-state index >= 15 is 0 Å². The molecule has 0 unspecified atom stereocenters. The lowest BCUT2D eigenvalue weighted by Crippen LogP contribution is -2.40. The number of ether oxygens (including phenoxy) is 1. The van der Waals surface area contributed by atoms with Gasteiger partial charge in [0.15, 0.2) is 0 Å². The van der Waals surface area contributed by atoms with Crippen molar-refractivity contribution in [2.75, 3.05) is 44.8 Å². The van der Waals surface area contributed by atoms with Crippen molar-refractivity contribution in [3.8, 4) is 0 Å². The second kappa shape index (κ2) is 7.76. The number of carboxylic acids is 1. The van der Waals surface area contributed by atoms with Gasteiger partial charge in [0.2, 0.25) is 10.0 Å². The van der Waals surface area contributed by atoms with Crippen LogP contribution in [0.4, 0.5) is 11.4 Å². The predicted octanol–water partition coefficient (Wildman–Crippen LogP) is 0.527. The van der Waals surface area contributed by atoms with Crippen molar-refractivity contribution < 1.29 is 28.0 Å². The average Bonchev–Trinajstić information content (AvgIpc) is 2.59. The molecule has 0 aromatic heterocycles. The van der Waals surface area contributed by atoms with Crippen molar-refractivity contribution in [3.05, 3.63) is 28.3 Å². The minimum Gasteiger partial charge on any atom is -0.481 e. The van der Waals surface area contributed by atoms with Gasteiger partial charge in [-0.1, -0.05) is 0 Å². The van der Waals surface area contributed by atoms with Crippen molar-refractivity contribution in [2.45, 2.75) is 11.3 Å². The molecule has 1 aliphatic heterocycles. The van der Waals surface area contributed by atoms with E-state index in [0.717, 1.165) is 6.07 Å². The summed E-state index contributed by atoms with van der Waals surface area (Å²) < 4.78 is 31.6. The minimum atomic E-state index is -3.85. The second-order valence-electron chi connectivity index (χ2n) is 5.49. The number of hydrogen-bond acceptors (Lipinski definition) is 7. The van der Waals surface area contributed by atoms with Gasteiger partial charge in [-0.05, 0) is 12.1 Å². The van der Waals surface area contributed by atoms with Crippen LogP contribution in [-0.2, 0) is 19.6 Å². The molecule has 1 saturated heterocycles. The summed E-state index contributed by atoms with van der Waals surface area (Å²) in [5.41, 5.74) is -0.227. The van der Waals surface area contributed by atoms with E-state index in [9.17, 15) is 23.3 Å². The monoisotopic (exact) mass is 373 g/mol. The fourth-order valence-corrected chi connectivity index (χ4v) is 3.88. The number of aliphatic carboxylic acids is 1. The van der Waals surface area contributed by atoms with Crippen molar-refractivity contribution in [1.29, 1.82) is 0 Å². The van der Waals surface area contributed by atoms with Crippen LogP contribution >= 0.6 is 0 Å². The average molecular weight is 373 g/mol. The van der Waals surface area contributed by atoms with Crippen LogP contribution in [0.5, 0.6) is 0 Å². The quantitative estimate of drug-likeness (QED) is 0.541. The fraction of sp³-hybridized carbons (Fsp3) is 0.500. The number of hydrogen-bond donors (Lipinski definition) is 1. The molecule has 1 N–H and O–H groups in total. The van der Waals surface area contributed by atoms with Crippen LogP contribution in [0.15, 0.2) is 23.1 Å². The predicted molar refractivity (Wildman–Crippen MR) is 88.2 cm³/mol. The molecule has 0 aliphatic carbocycles. The highest BCUT2D eigenvalue weighted by atomic mass is 32.2. The molecule has 0 radical (unpaired) electrons. The van der Waals surface area contributed by atoms with Gasteiger partial charge in [-0.2, -0.15) is 4.31 Å². The molecule has 0 bridgehead atoms. The summed E-state index contributed by atoms with van der Waals surface area (Å²) in [4.78, 5) is 22.6. The van der Waals surface area contributed by atoms with E-state index in [2.05, 4.69) is 0 Å². The van der Waals surface area contributed by atoms with Crippen LogP contribution in [0.3, 0.4) is 0 Å². The molecule has 1 heterocycles. The summed E-state index contributed by atoms with van der Waals surface area (Å²) in [7, 11) is -2.33. The lowest BCUT2D eigenvalue weighted by Gasteiger charge is -2.26. The molecular formula is C14H19N3O7S. The highest BCUT2D eigenvalue weighted by Crippen LogP contribution is 2.31. The lowest BCUT2D eigenvalue weighted by molar-refractivity contribution is -0.384. The molecule has 1 aliphatic rings. The topological polar surface area (TPSA) is 130 Å². The summed E-state index contributed by atoms with van der Waals surface area (Å²) >= 11 is 0. The van der Waals surface area contributed by atoms with Crippen molar-refractivity contribution >= 4 is 27.4 Å².